The molecular formula is C11H24N2O3. The number of unbranched alkanes of at least 4 members (excludes halogenated alkanes) is 3. The van der Waals surface area contributed by atoms with Crippen LogP contribution in [0.25, 0.3) is 0 Å². The van der Waals surface area contributed by atoms with E-state index in [-0.39, 0.29) is 0 Å². The van der Waals surface area contributed by atoms with Crippen LogP contribution in [0.5, 0.6) is 0 Å². The first kappa shape index (κ1) is 13.9. The summed E-state index contributed by atoms with van der Waals surface area (Å²) in [5, 5.41) is 28.3. The summed E-state index contributed by atoms with van der Waals surface area (Å²) >= 11 is 0. The van der Waals surface area contributed by atoms with Crippen LogP contribution in [-0.4, -0.2) is 64.7 Å². The van der Waals surface area contributed by atoms with E-state index in [0.717, 1.165) is 38.8 Å². The number of rotatable bonds is 6. The van der Waals surface area contributed by atoms with Gasteiger partial charge < -0.3 is 21.1 Å². The number of β-amino-alcohol motifs (C(OH)–C–C–N with tert-alkyl or cyclic N) is 2. The molecule has 0 aromatic carbocycles. The van der Waals surface area contributed by atoms with Gasteiger partial charge in [0.15, 0.2) is 0 Å². The van der Waals surface area contributed by atoms with Crippen molar-refractivity contribution >= 4 is 0 Å². The standard InChI is InChI=1S/C11H24N2O3/c12-5-3-1-2-4-6-13-7-9(14)11(16)10(15)8-13/h9-11,14-16H,1-8,12H2/t9-,10+,11?. The highest BCUT2D eigenvalue weighted by Gasteiger charge is 2.32. The Morgan fingerprint density at radius 1 is 0.938 bits per heavy atom. The quantitative estimate of drug-likeness (QED) is 0.437. The van der Waals surface area contributed by atoms with E-state index in [0.29, 0.717) is 13.1 Å². The Hall–Kier alpha value is -0.200. The molecule has 16 heavy (non-hydrogen) atoms. The number of nitrogens with zero attached hydrogens (tertiary/aromatic N) is 1. The smallest absolute Gasteiger partial charge is 0.108 e. The first-order valence-electron chi connectivity index (χ1n) is 6.11. The van der Waals surface area contributed by atoms with E-state index in [1.54, 1.807) is 0 Å². The number of hydrogen-bond donors (Lipinski definition) is 4. The number of likely N-dealkylation sites (tertiary alicyclic amines) is 1. The van der Waals surface area contributed by atoms with Gasteiger partial charge in [0, 0.05) is 13.1 Å². The third kappa shape index (κ3) is 4.35. The van der Waals surface area contributed by atoms with E-state index in [2.05, 4.69) is 0 Å². The summed E-state index contributed by atoms with van der Waals surface area (Å²) in [6.07, 6.45) is 1.73. The SMILES string of the molecule is NCCCCCCN1C[C@@H](O)C(O)[C@@H](O)C1. The lowest BCUT2D eigenvalue weighted by atomic mass is 10.0. The summed E-state index contributed by atoms with van der Waals surface area (Å²) in [6, 6.07) is 0. The van der Waals surface area contributed by atoms with Gasteiger partial charge in [0.1, 0.15) is 6.10 Å². The molecule has 1 aliphatic heterocycles. The summed E-state index contributed by atoms with van der Waals surface area (Å²) in [6.45, 7) is 2.52. The van der Waals surface area contributed by atoms with Crippen molar-refractivity contribution in [1.29, 1.82) is 0 Å². The van der Waals surface area contributed by atoms with Crippen LogP contribution in [0.4, 0.5) is 0 Å². The number of piperidine rings is 1. The van der Waals surface area contributed by atoms with Gasteiger partial charge in [-0.15, -0.1) is 0 Å². The van der Waals surface area contributed by atoms with Gasteiger partial charge in [-0.3, -0.25) is 4.90 Å². The number of nitrogens with two attached hydrogens (primary N) is 1. The van der Waals surface area contributed by atoms with E-state index in [9.17, 15) is 15.3 Å². The molecular weight excluding hydrogens is 208 g/mol. The molecule has 0 radical (unpaired) electrons. The van der Waals surface area contributed by atoms with Crippen LogP contribution >= 0.6 is 0 Å². The molecule has 1 aliphatic rings. The van der Waals surface area contributed by atoms with Crippen LogP contribution in [-0.2, 0) is 0 Å². The average Bonchev–Trinajstić information content (AvgIpc) is 2.25. The molecule has 0 aliphatic carbocycles. The molecule has 96 valence electrons. The summed E-state index contributed by atoms with van der Waals surface area (Å²) in [5.41, 5.74) is 5.40. The topological polar surface area (TPSA) is 90.0 Å². The van der Waals surface area contributed by atoms with Crippen molar-refractivity contribution in [2.45, 2.75) is 44.0 Å². The zero-order valence-corrected chi connectivity index (χ0v) is 9.76. The zero-order chi connectivity index (χ0) is 12.0. The van der Waals surface area contributed by atoms with Gasteiger partial charge in [0.2, 0.25) is 0 Å². The van der Waals surface area contributed by atoms with Gasteiger partial charge in [-0.1, -0.05) is 12.8 Å². The Morgan fingerprint density at radius 2 is 1.50 bits per heavy atom. The molecule has 0 spiro atoms. The van der Waals surface area contributed by atoms with Crippen molar-refractivity contribution in [3.63, 3.8) is 0 Å². The molecule has 5 N–H and O–H groups in total. The second-order valence-corrected chi connectivity index (χ2v) is 4.59. The van der Waals surface area contributed by atoms with Crippen LogP contribution in [0.1, 0.15) is 25.7 Å². The molecule has 1 fully saturated rings. The van der Waals surface area contributed by atoms with Gasteiger partial charge in [-0.05, 0) is 25.9 Å². The predicted molar refractivity (Wildman–Crippen MR) is 62.0 cm³/mol. The molecule has 1 saturated heterocycles. The Kier molecular flexibility index (Phi) is 6.23. The van der Waals surface area contributed by atoms with Crippen LogP contribution in [0, 0.1) is 0 Å². The molecule has 3 atom stereocenters. The van der Waals surface area contributed by atoms with Crippen molar-refractivity contribution in [1.82, 2.24) is 4.90 Å². The first-order valence-corrected chi connectivity index (χ1v) is 6.11. The summed E-state index contributed by atoms with van der Waals surface area (Å²) in [5.74, 6) is 0. The van der Waals surface area contributed by atoms with Crippen molar-refractivity contribution in [2.24, 2.45) is 5.73 Å². The average molecular weight is 232 g/mol. The summed E-state index contributed by atoms with van der Waals surface area (Å²) in [7, 11) is 0. The van der Waals surface area contributed by atoms with Crippen molar-refractivity contribution in [3.8, 4) is 0 Å². The molecule has 1 unspecified atom stereocenters. The highest BCUT2D eigenvalue weighted by molar-refractivity contribution is 4.86. The van der Waals surface area contributed by atoms with Gasteiger partial charge in [0.05, 0.1) is 12.2 Å². The Balaban J connectivity index is 2.13. The maximum absolute atomic E-state index is 9.49. The second-order valence-electron chi connectivity index (χ2n) is 4.59. The molecule has 0 saturated carbocycles. The largest absolute Gasteiger partial charge is 0.389 e. The number of aliphatic hydroxyl groups is 3. The Bertz CT molecular complexity index is 180. The van der Waals surface area contributed by atoms with E-state index >= 15 is 0 Å². The number of aliphatic hydroxyl groups excluding tert-OH is 3. The Morgan fingerprint density at radius 3 is 2.06 bits per heavy atom. The van der Waals surface area contributed by atoms with Crippen molar-refractivity contribution < 1.29 is 15.3 Å². The fraction of sp³-hybridized carbons (Fsp3) is 1.00. The van der Waals surface area contributed by atoms with Crippen LogP contribution in [0.3, 0.4) is 0 Å². The van der Waals surface area contributed by atoms with Gasteiger partial charge in [-0.25, -0.2) is 0 Å². The van der Waals surface area contributed by atoms with Crippen LogP contribution < -0.4 is 5.73 Å². The lowest BCUT2D eigenvalue weighted by Crippen LogP contribution is -2.55. The lowest BCUT2D eigenvalue weighted by molar-refractivity contribution is -0.109. The lowest BCUT2D eigenvalue weighted by Gasteiger charge is -2.36. The molecule has 5 heteroatoms. The molecule has 0 aromatic heterocycles. The summed E-state index contributed by atoms with van der Waals surface area (Å²) < 4.78 is 0. The maximum Gasteiger partial charge on any atom is 0.108 e. The van der Waals surface area contributed by atoms with E-state index in [1.807, 2.05) is 4.90 Å². The highest BCUT2D eigenvalue weighted by Crippen LogP contribution is 2.13. The van der Waals surface area contributed by atoms with Crippen molar-refractivity contribution in [3.05, 3.63) is 0 Å². The fourth-order valence-electron chi connectivity index (χ4n) is 2.09. The van der Waals surface area contributed by atoms with E-state index in [1.165, 1.54) is 0 Å². The van der Waals surface area contributed by atoms with Gasteiger partial charge in [-0.2, -0.15) is 0 Å². The minimum atomic E-state index is -0.992. The summed E-state index contributed by atoms with van der Waals surface area (Å²) in [4.78, 5) is 2.00. The third-order valence-corrected chi connectivity index (χ3v) is 3.11. The zero-order valence-electron chi connectivity index (χ0n) is 9.76. The molecule has 0 bridgehead atoms. The second kappa shape index (κ2) is 7.19. The predicted octanol–water partition coefficient (Wildman–Crippen LogP) is -1.10. The minimum absolute atomic E-state index is 0.453. The van der Waals surface area contributed by atoms with Gasteiger partial charge >= 0.3 is 0 Å². The molecule has 1 heterocycles. The van der Waals surface area contributed by atoms with Crippen LogP contribution in [0.15, 0.2) is 0 Å². The molecule has 0 aromatic rings. The maximum atomic E-state index is 9.49. The Labute approximate surface area is 96.9 Å². The third-order valence-electron chi connectivity index (χ3n) is 3.11. The van der Waals surface area contributed by atoms with E-state index in [4.69, 9.17) is 5.73 Å². The number of hydrogen-bond acceptors (Lipinski definition) is 5. The normalized spacial score (nSPS) is 31.9. The van der Waals surface area contributed by atoms with Crippen LogP contribution in [0.2, 0.25) is 0 Å². The van der Waals surface area contributed by atoms with Crippen molar-refractivity contribution in [2.75, 3.05) is 26.2 Å². The highest BCUT2D eigenvalue weighted by atomic mass is 16.4. The minimum Gasteiger partial charge on any atom is -0.389 e. The molecule has 5 nitrogen and oxygen atoms in total. The molecule has 1 rings (SSSR count). The first-order chi connectivity index (χ1) is 7.65. The van der Waals surface area contributed by atoms with Gasteiger partial charge in [0.25, 0.3) is 0 Å². The fourth-order valence-corrected chi connectivity index (χ4v) is 2.09. The van der Waals surface area contributed by atoms with E-state index < -0.39 is 18.3 Å². The molecule has 0 amide bonds. The monoisotopic (exact) mass is 232 g/mol.